The fraction of sp³-hybridized carbons (Fsp3) is 1.00. The molecule has 0 aromatic carbocycles. The van der Waals surface area contributed by atoms with E-state index in [-0.39, 0.29) is 0 Å². The average Bonchev–Trinajstić information content (AvgIpc) is 2.10. The third-order valence-corrected chi connectivity index (χ3v) is 1.46. The molecule has 0 saturated carbocycles. The normalized spacial score (nSPS) is 10.5. The van der Waals surface area contributed by atoms with Crippen molar-refractivity contribution in [1.29, 1.82) is 0 Å². The molecule has 5 heteroatoms. The van der Waals surface area contributed by atoms with Crippen molar-refractivity contribution < 1.29 is 14.9 Å². The zero-order valence-corrected chi connectivity index (χ0v) is 7.54. The second-order valence-electron chi connectivity index (χ2n) is 2.49. The lowest BCUT2D eigenvalue weighted by molar-refractivity contribution is -0.517. The van der Waals surface area contributed by atoms with E-state index in [9.17, 15) is 0 Å². The van der Waals surface area contributed by atoms with Gasteiger partial charge in [-0.2, -0.15) is 10.8 Å². The van der Waals surface area contributed by atoms with Gasteiger partial charge in [0.1, 0.15) is 6.73 Å². The van der Waals surface area contributed by atoms with Gasteiger partial charge in [-0.15, -0.1) is 4.99 Å². The molecule has 0 spiro atoms. The number of unbranched alkanes of at least 4 members (excludes halogenated alkanes) is 3. The largest absolute Gasteiger partial charge is 0.292 e. The summed E-state index contributed by atoms with van der Waals surface area (Å²) < 4.78 is 0. The summed E-state index contributed by atoms with van der Waals surface area (Å²) in [6, 6.07) is 0. The van der Waals surface area contributed by atoms with E-state index < -0.39 is 0 Å². The Morgan fingerprint density at radius 3 is 2.75 bits per heavy atom. The zero-order chi connectivity index (χ0) is 9.07. The molecule has 0 aliphatic carbocycles. The maximum atomic E-state index is 4.53. The van der Waals surface area contributed by atoms with Crippen LogP contribution in [0.4, 0.5) is 0 Å². The summed E-state index contributed by atoms with van der Waals surface area (Å²) in [5.41, 5.74) is 0. The van der Waals surface area contributed by atoms with Gasteiger partial charge in [0.25, 0.3) is 0 Å². The van der Waals surface area contributed by atoms with Crippen LogP contribution in [0.5, 0.6) is 0 Å². The summed E-state index contributed by atoms with van der Waals surface area (Å²) in [4.78, 5) is 8.16. The molecule has 0 saturated heterocycles. The highest BCUT2D eigenvalue weighted by Crippen LogP contribution is 1.96. The maximum Gasteiger partial charge on any atom is 0.136 e. The summed E-state index contributed by atoms with van der Waals surface area (Å²) in [6.45, 7) is 3.40. The van der Waals surface area contributed by atoms with Gasteiger partial charge in [-0.25, -0.2) is 0 Å². The van der Waals surface area contributed by atoms with Gasteiger partial charge >= 0.3 is 0 Å². The van der Waals surface area contributed by atoms with Gasteiger partial charge < -0.3 is 0 Å². The fourth-order valence-corrected chi connectivity index (χ4v) is 0.842. The van der Waals surface area contributed by atoms with Crippen LogP contribution >= 0.6 is 0 Å². The quantitative estimate of drug-likeness (QED) is 0.237. The number of hydrogen-bond donors (Lipinski definition) is 2. The molecule has 12 heavy (non-hydrogen) atoms. The van der Waals surface area contributed by atoms with Crippen molar-refractivity contribution in [2.75, 3.05) is 13.3 Å². The van der Waals surface area contributed by atoms with Gasteiger partial charge in [0.05, 0.1) is 0 Å². The second kappa shape index (κ2) is 10.8. The average molecular weight is 178 g/mol. The second-order valence-corrected chi connectivity index (χ2v) is 2.49. The highest BCUT2D eigenvalue weighted by Gasteiger charge is 1.88. The van der Waals surface area contributed by atoms with Crippen LogP contribution in [0.3, 0.4) is 0 Å². The highest BCUT2D eigenvalue weighted by molar-refractivity contribution is 4.43. The standard InChI is InChI=1S/C7H18N2O3/c1-2-3-4-5-6-9-7-10-12-11-8/h9H,2-8H2,1H3. The van der Waals surface area contributed by atoms with E-state index in [1.165, 1.54) is 19.3 Å². The van der Waals surface area contributed by atoms with Crippen LogP contribution in [0.25, 0.3) is 0 Å². The van der Waals surface area contributed by atoms with Crippen LogP contribution < -0.4 is 11.2 Å². The van der Waals surface area contributed by atoms with E-state index in [1.807, 2.05) is 0 Å². The van der Waals surface area contributed by atoms with Crippen molar-refractivity contribution >= 4 is 0 Å². The molecule has 0 bridgehead atoms. The molecule has 3 N–H and O–H groups in total. The van der Waals surface area contributed by atoms with Crippen LogP contribution in [0, 0.1) is 0 Å². The Kier molecular flexibility index (Phi) is 10.6. The van der Waals surface area contributed by atoms with Crippen molar-refractivity contribution in [1.82, 2.24) is 5.32 Å². The van der Waals surface area contributed by atoms with Crippen LogP contribution in [-0.2, 0) is 14.9 Å². The molecule has 0 atom stereocenters. The van der Waals surface area contributed by atoms with Crippen molar-refractivity contribution in [3.05, 3.63) is 0 Å². The van der Waals surface area contributed by atoms with E-state index in [1.54, 1.807) is 0 Å². The first-order valence-corrected chi connectivity index (χ1v) is 4.27. The molecule has 0 amide bonds. The molecule has 74 valence electrons. The number of rotatable bonds is 9. The Labute approximate surface area is 73.0 Å². The number of hydrogen-bond acceptors (Lipinski definition) is 5. The fourth-order valence-electron chi connectivity index (χ4n) is 0.842. The van der Waals surface area contributed by atoms with E-state index >= 15 is 0 Å². The summed E-state index contributed by atoms with van der Waals surface area (Å²) >= 11 is 0. The molecule has 0 heterocycles. The highest BCUT2D eigenvalue weighted by atomic mass is 17.5. The minimum Gasteiger partial charge on any atom is -0.292 e. The summed E-state index contributed by atoms with van der Waals surface area (Å²) in [7, 11) is 0. The molecule has 0 aliphatic rings. The van der Waals surface area contributed by atoms with E-state index in [2.05, 4.69) is 33.1 Å². The molecule has 0 aromatic rings. The number of nitrogens with one attached hydrogen (secondary N) is 1. The molecule has 0 aromatic heterocycles. The summed E-state index contributed by atoms with van der Waals surface area (Å²) in [6.07, 6.45) is 4.93. The Bertz CT molecular complexity index is 73.1. The first kappa shape index (κ1) is 11.8. The van der Waals surface area contributed by atoms with E-state index in [4.69, 9.17) is 0 Å². The minimum atomic E-state index is 0.295. The molecule has 0 aliphatic heterocycles. The SMILES string of the molecule is CCCCCCNCOOON. The van der Waals surface area contributed by atoms with Gasteiger partial charge in [-0.05, 0) is 18.0 Å². The maximum absolute atomic E-state index is 4.53. The molecule has 5 nitrogen and oxygen atoms in total. The molecule has 0 fully saturated rings. The molecular formula is C7H18N2O3. The summed E-state index contributed by atoms with van der Waals surface area (Å²) in [5, 5.41) is 6.97. The van der Waals surface area contributed by atoms with Gasteiger partial charge in [-0.1, -0.05) is 26.2 Å². The van der Waals surface area contributed by atoms with Crippen LogP contribution in [0.15, 0.2) is 0 Å². The topological polar surface area (TPSA) is 65.7 Å². The number of nitrogens with two attached hydrogens (primary N) is 1. The van der Waals surface area contributed by atoms with Gasteiger partial charge in [-0.3, -0.25) is 5.32 Å². The molecule has 0 unspecified atom stereocenters. The molecular weight excluding hydrogens is 160 g/mol. The molecule has 0 radical (unpaired) electrons. The van der Waals surface area contributed by atoms with Crippen LogP contribution in [0.1, 0.15) is 32.6 Å². The van der Waals surface area contributed by atoms with Crippen molar-refractivity contribution in [3.63, 3.8) is 0 Å². The Hall–Kier alpha value is -0.200. The third kappa shape index (κ3) is 9.80. The Balaban J connectivity index is 2.73. The predicted octanol–water partition coefficient (Wildman–Crippen LogP) is 0.867. The van der Waals surface area contributed by atoms with Gasteiger partial charge in [0.2, 0.25) is 0 Å². The third-order valence-electron chi connectivity index (χ3n) is 1.46. The van der Waals surface area contributed by atoms with Crippen LogP contribution in [-0.4, -0.2) is 13.3 Å². The first-order chi connectivity index (χ1) is 5.91. The van der Waals surface area contributed by atoms with E-state index in [0.717, 1.165) is 13.0 Å². The summed E-state index contributed by atoms with van der Waals surface area (Å²) in [5.74, 6) is 4.53. The van der Waals surface area contributed by atoms with Crippen LogP contribution in [0.2, 0.25) is 0 Å². The lowest BCUT2D eigenvalue weighted by Gasteiger charge is -2.02. The Morgan fingerprint density at radius 1 is 1.25 bits per heavy atom. The van der Waals surface area contributed by atoms with Gasteiger partial charge in [0.15, 0.2) is 0 Å². The first-order valence-electron chi connectivity index (χ1n) is 4.27. The van der Waals surface area contributed by atoms with Crippen molar-refractivity contribution in [2.45, 2.75) is 32.6 Å². The smallest absolute Gasteiger partial charge is 0.136 e. The zero-order valence-electron chi connectivity index (χ0n) is 7.54. The Morgan fingerprint density at radius 2 is 2.08 bits per heavy atom. The van der Waals surface area contributed by atoms with Crippen molar-refractivity contribution in [2.24, 2.45) is 5.90 Å². The lowest BCUT2D eigenvalue weighted by Crippen LogP contribution is -2.20. The predicted molar refractivity (Wildman–Crippen MR) is 44.5 cm³/mol. The molecule has 0 rings (SSSR count). The minimum absolute atomic E-state index is 0.295. The lowest BCUT2D eigenvalue weighted by atomic mass is 10.2. The monoisotopic (exact) mass is 178 g/mol. The van der Waals surface area contributed by atoms with E-state index in [0.29, 0.717) is 6.73 Å². The van der Waals surface area contributed by atoms with Crippen molar-refractivity contribution in [3.8, 4) is 0 Å². The van der Waals surface area contributed by atoms with Gasteiger partial charge in [0, 0.05) is 0 Å².